The van der Waals surface area contributed by atoms with Crippen molar-refractivity contribution in [1.82, 2.24) is 4.98 Å². The normalized spacial score (nSPS) is 10.4. The van der Waals surface area contributed by atoms with Crippen molar-refractivity contribution in [3.8, 4) is 5.88 Å². The van der Waals surface area contributed by atoms with Crippen molar-refractivity contribution in [2.75, 3.05) is 0 Å². The lowest BCUT2D eigenvalue weighted by atomic mass is 10.2. The predicted molar refractivity (Wildman–Crippen MR) is 62.8 cm³/mol. The lowest BCUT2D eigenvalue weighted by Crippen LogP contribution is -2.02. The molecule has 0 unspecified atom stereocenters. The third-order valence-electron chi connectivity index (χ3n) is 2.43. The van der Waals surface area contributed by atoms with Crippen LogP contribution < -0.4 is 10.5 Å². The van der Waals surface area contributed by atoms with E-state index >= 15 is 0 Å². The molecule has 0 aliphatic rings. The van der Waals surface area contributed by atoms with E-state index in [2.05, 4.69) is 4.98 Å². The average Bonchev–Trinajstić information content (AvgIpc) is 2.38. The SMILES string of the molecule is NCc1ccnc(OCc2ccc(F)cc2F)c1. The van der Waals surface area contributed by atoms with Crippen LogP contribution in [0.1, 0.15) is 11.1 Å². The number of nitrogens with zero attached hydrogens (tertiary/aromatic N) is 1. The zero-order valence-electron chi connectivity index (χ0n) is 9.57. The Bertz CT molecular complexity index is 546. The minimum Gasteiger partial charge on any atom is -0.473 e. The molecular formula is C13H12F2N2O. The highest BCUT2D eigenvalue weighted by molar-refractivity contribution is 5.22. The van der Waals surface area contributed by atoms with Crippen molar-refractivity contribution in [2.45, 2.75) is 13.2 Å². The van der Waals surface area contributed by atoms with Crippen LogP contribution in [0.5, 0.6) is 5.88 Å². The van der Waals surface area contributed by atoms with Crippen LogP contribution in [0.3, 0.4) is 0 Å². The molecule has 1 aromatic heterocycles. The summed E-state index contributed by atoms with van der Waals surface area (Å²) >= 11 is 0. The van der Waals surface area contributed by atoms with E-state index in [-0.39, 0.29) is 12.2 Å². The van der Waals surface area contributed by atoms with Crippen LogP contribution in [0.2, 0.25) is 0 Å². The number of pyridine rings is 1. The number of benzene rings is 1. The van der Waals surface area contributed by atoms with Crippen LogP contribution in [-0.4, -0.2) is 4.98 Å². The summed E-state index contributed by atoms with van der Waals surface area (Å²) in [6.45, 7) is 0.372. The Morgan fingerprint density at radius 1 is 1.17 bits per heavy atom. The molecule has 3 nitrogen and oxygen atoms in total. The smallest absolute Gasteiger partial charge is 0.213 e. The molecule has 0 amide bonds. The Hall–Kier alpha value is -2.01. The van der Waals surface area contributed by atoms with E-state index in [4.69, 9.17) is 10.5 Å². The van der Waals surface area contributed by atoms with E-state index in [1.165, 1.54) is 12.1 Å². The molecule has 0 fully saturated rings. The van der Waals surface area contributed by atoms with Gasteiger partial charge in [0.05, 0.1) is 0 Å². The minimum absolute atomic E-state index is 0.00681. The van der Waals surface area contributed by atoms with Crippen molar-refractivity contribution in [1.29, 1.82) is 0 Å². The molecular weight excluding hydrogens is 238 g/mol. The van der Waals surface area contributed by atoms with Crippen LogP contribution >= 0.6 is 0 Å². The second kappa shape index (κ2) is 5.55. The lowest BCUT2D eigenvalue weighted by Gasteiger charge is -2.07. The van der Waals surface area contributed by atoms with E-state index in [0.717, 1.165) is 11.6 Å². The molecule has 0 saturated carbocycles. The monoisotopic (exact) mass is 250 g/mol. The first-order valence-electron chi connectivity index (χ1n) is 5.41. The molecule has 0 aliphatic carbocycles. The highest BCUT2D eigenvalue weighted by Crippen LogP contribution is 2.14. The third-order valence-corrected chi connectivity index (χ3v) is 2.43. The van der Waals surface area contributed by atoms with Gasteiger partial charge in [0.15, 0.2) is 0 Å². The van der Waals surface area contributed by atoms with Gasteiger partial charge in [-0.2, -0.15) is 0 Å². The van der Waals surface area contributed by atoms with Gasteiger partial charge >= 0.3 is 0 Å². The zero-order valence-corrected chi connectivity index (χ0v) is 9.57. The zero-order chi connectivity index (χ0) is 13.0. The molecule has 1 aromatic carbocycles. The van der Waals surface area contributed by atoms with Crippen LogP contribution in [0.25, 0.3) is 0 Å². The first kappa shape index (κ1) is 12.4. The van der Waals surface area contributed by atoms with Crippen LogP contribution in [0.4, 0.5) is 8.78 Å². The predicted octanol–water partition coefficient (Wildman–Crippen LogP) is 2.40. The Morgan fingerprint density at radius 2 is 2.00 bits per heavy atom. The van der Waals surface area contributed by atoms with Crippen molar-refractivity contribution < 1.29 is 13.5 Å². The first-order valence-corrected chi connectivity index (χ1v) is 5.41. The fourth-order valence-corrected chi connectivity index (χ4v) is 1.45. The molecule has 2 rings (SSSR count). The molecule has 0 aliphatic heterocycles. The van der Waals surface area contributed by atoms with E-state index in [0.29, 0.717) is 12.4 Å². The summed E-state index contributed by atoms with van der Waals surface area (Å²) < 4.78 is 31.4. The molecule has 0 spiro atoms. The van der Waals surface area contributed by atoms with E-state index in [1.807, 2.05) is 0 Å². The number of nitrogens with two attached hydrogens (primary N) is 1. The maximum atomic E-state index is 13.3. The van der Waals surface area contributed by atoms with Crippen molar-refractivity contribution >= 4 is 0 Å². The Balaban J connectivity index is 2.06. The van der Waals surface area contributed by atoms with Crippen molar-refractivity contribution in [3.05, 3.63) is 59.3 Å². The summed E-state index contributed by atoms with van der Waals surface area (Å²) in [5.74, 6) is -0.883. The largest absolute Gasteiger partial charge is 0.473 e. The molecule has 0 radical (unpaired) electrons. The van der Waals surface area contributed by atoms with E-state index in [1.54, 1.807) is 18.3 Å². The van der Waals surface area contributed by atoms with Gasteiger partial charge in [-0.25, -0.2) is 13.8 Å². The van der Waals surface area contributed by atoms with Crippen molar-refractivity contribution in [2.24, 2.45) is 5.73 Å². The Labute approximate surface area is 103 Å². The molecule has 1 heterocycles. The lowest BCUT2D eigenvalue weighted by molar-refractivity contribution is 0.287. The second-order valence-electron chi connectivity index (χ2n) is 3.73. The standard InChI is InChI=1S/C13H12F2N2O/c14-11-2-1-10(12(15)6-11)8-18-13-5-9(7-16)3-4-17-13/h1-6H,7-8,16H2. The van der Waals surface area contributed by atoms with Gasteiger partial charge in [-0.3, -0.25) is 0 Å². The van der Waals surface area contributed by atoms with E-state index < -0.39 is 11.6 Å². The molecule has 0 bridgehead atoms. The van der Waals surface area contributed by atoms with Crippen LogP contribution in [0, 0.1) is 11.6 Å². The summed E-state index contributed by atoms with van der Waals surface area (Å²) in [7, 11) is 0. The summed E-state index contributed by atoms with van der Waals surface area (Å²) in [4.78, 5) is 3.98. The molecule has 94 valence electrons. The molecule has 2 N–H and O–H groups in total. The maximum absolute atomic E-state index is 13.3. The molecule has 5 heteroatoms. The minimum atomic E-state index is -0.634. The summed E-state index contributed by atoms with van der Waals surface area (Å²) in [6, 6.07) is 6.80. The number of hydrogen-bond donors (Lipinski definition) is 1. The van der Waals surface area contributed by atoms with Gasteiger partial charge in [-0.1, -0.05) is 0 Å². The number of aromatic nitrogens is 1. The van der Waals surface area contributed by atoms with Gasteiger partial charge < -0.3 is 10.5 Å². The topological polar surface area (TPSA) is 48.1 Å². The Kier molecular flexibility index (Phi) is 3.84. The first-order chi connectivity index (χ1) is 8.69. The number of halogens is 2. The average molecular weight is 250 g/mol. The number of hydrogen-bond acceptors (Lipinski definition) is 3. The maximum Gasteiger partial charge on any atom is 0.213 e. The molecule has 18 heavy (non-hydrogen) atoms. The van der Waals surface area contributed by atoms with Gasteiger partial charge in [0.1, 0.15) is 18.2 Å². The fraction of sp³-hybridized carbons (Fsp3) is 0.154. The highest BCUT2D eigenvalue weighted by Gasteiger charge is 2.05. The summed E-state index contributed by atoms with van der Waals surface area (Å²) in [5.41, 5.74) is 6.63. The van der Waals surface area contributed by atoms with Crippen molar-refractivity contribution in [3.63, 3.8) is 0 Å². The van der Waals surface area contributed by atoms with Gasteiger partial charge in [0.2, 0.25) is 5.88 Å². The third kappa shape index (κ3) is 3.01. The van der Waals surface area contributed by atoms with Gasteiger partial charge in [0.25, 0.3) is 0 Å². The second-order valence-corrected chi connectivity index (χ2v) is 3.73. The Morgan fingerprint density at radius 3 is 2.72 bits per heavy atom. The molecule has 0 atom stereocenters. The van der Waals surface area contributed by atoms with E-state index in [9.17, 15) is 8.78 Å². The summed E-state index contributed by atoms with van der Waals surface area (Å²) in [6.07, 6.45) is 1.57. The number of rotatable bonds is 4. The molecule has 2 aromatic rings. The van der Waals surface area contributed by atoms with Gasteiger partial charge in [0, 0.05) is 30.4 Å². The van der Waals surface area contributed by atoms with Crippen LogP contribution in [0.15, 0.2) is 36.5 Å². The number of ether oxygens (including phenoxy) is 1. The van der Waals surface area contributed by atoms with Crippen LogP contribution in [-0.2, 0) is 13.2 Å². The quantitative estimate of drug-likeness (QED) is 0.906. The highest BCUT2D eigenvalue weighted by atomic mass is 19.1. The molecule has 0 saturated heterocycles. The van der Waals surface area contributed by atoms with Gasteiger partial charge in [-0.15, -0.1) is 0 Å². The summed E-state index contributed by atoms with van der Waals surface area (Å²) in [5, 5.41) is 0. The fourth-order valence-electron chi connectivity index (χ4n) is 1.45. The van der Waals surface area contributed by atoms with Gasteiger partial charge in [-0.05, 0) is 23.8 Å².